The molecule has 1 unspecified atom stereocenters. The van der Waals surface area contributed by atoms with E-state index in [4.69, 9.17) is 9.52 Å². The number of thioether (sulfide) groups is 1. The van der Waals surface area contributed by atoms with Crippen molar-refractivity contribution in [3.8, 4) is 0 Å². The zero-order valence-electron chi connectivity index (χ0n) is 9.96. The fourth-order valence-corrected chi connectivity index (χ4v) is 4.43. The zero-order chi connectivity index (χ0) is 13.4. The second kappa shape index (κ2) is 5.03. The molecular weight excluding hydrogens is 284 g/mol. The van der Waals surface area contributed by atoms with Crippen LogP contribution in [0.2, 0.25) is 0 Å². The van der Waals surface area contributed by atoms with Crippen LogP contribution in [0.25, 0.3) is 0 Å². The summed E-state index contributed by atoms with van der Waals surface area (Å²) >= 11 is 3.48. The standard InChI is InChI=1S/C13H12O4S2/c14-12(8-1-2-9(17-8)13(15)16)11-5-7-6-18-4-3-10(7)19-11/h1-2,5,12,14H,3-4,6H2,(H,15,16). The largest absolute Gasteiger partial charge is 0.475 e. The number of aliphatic hydroxyl groups excluding tert-OH is 1. The van der Waals surface area contributed by atoms with Crippen molar-refractivity contribution in [2.75, 3.05) is 5.75 Å². The van der Waals surface area contributed by atoms with Crippen molar-refractivity contribution < 1.29 is 19.4 Å². The molecule has 1 aliphatic rings. The minimum absolute atomic E-state index is 0.147. The molecule has 2 aromatic heterocycles. The average Bonchev–Trinajstić information content (AvgIpc) is 3.04. The van der Waals surface area contributed by atoms with Gasteiger partial charge in [0.2, 0.25) is 5.76 Å². The molecule has 3 rings (SSSR count). The summed E-state index contributed by atoms with van der Waals surface area (Å²) < 4.78 is 5.15. The normalized spacial score (nSPS) is 16.1. The number of carboxylic acids is 1. The Morgan fingerprint density at radius 3 is 2.95 bits per heavy atom. The second-order valence-corrected chi connectivity index (χ2v) is 6.58. The molecule has 0 bridgehead atoms. The molecule has 0 fully saturated rings. The molecule has 0 amide bonds. The fraction of sp³-hybridized carbons (Fsp3) is 0.308. The van der Waals surface area contributed by atoms with Crippen molar-refractivity contribution in [1.29, 1.82) is 0 Å². The highest BCUT2D eigenvalue weighted by Gasteiger charge is 2.22. The maximum absolute atomic E-state index is 10.8. The van der Waals surface area contributed by atoms with Gasteiger partial charge in [0.15, 0.2) is 0 Å². The number of rotatable bonds is 3. The van der Waals surface area contributed by atoms with Gasteiger partial charge in [0.1, 0.15) is 11.9 Å². The van der Waals surface area contributed by atoms with Crippen molar-refractivity contribution in [2.45, 2.75) is 18.3 Å². The summed E-state index contributed by atoms with van der Waals surface area (Å²) in [5.41, 5.74) is 1.28. The van der Waals surface area contributed by atoms with E-state index in [0.29, 0.717) is 0 Å². The highest BCUT2D eigenvalue weighted by molar-refractivity contribution is 7.98. The first-order chi connectivity index (χ1) is 9.15. The van der Waals surface area contributed by atoms with E-state index in [1.165, 1.54) is 22.6 Å². The van der Waals surface area contributed by atoms with Crippen LogP contribution >= 0.6 is 23.1 Å². The van der Waals surface area contributed by atoms with E-state index in [9.17, 15) is 9.90 Å². The quantitative estimate of drug-likeness (QED) is 0.911. The molecule has 0 saturated carbocycles. The van der Waals surface area contributed by atoms with Gasteiger partial charge in [-0.25, -0.2) is 4.79 Å². The summed E-state index contributed by atoms with van der Waals surface area (Å²) in [5.74, 6) is 1.11. The topological polar surface area (TPSA) is 70.7 Å². The van der Waals surface area contributed by atoms with Gasteiger partial charge in [-0.3, -0.25) is 0 Å². The minimum Gasteiger partial charge on any atom is -0.475 e. The van der Waals surface area contributed by atoms with Crippen LogP contribution in [0.15, 0.2) is 22.6 Å². The Balaban J connectivity index is 1.88. The third-order valence-electron chi connectivity index (χ3n) is 3.02. The van der Waals surface area contributed by atoms with E-state index in [2.05, 4.69) is 0 Å². The number of fused-ring (bicyclic) bond motifs is 1. The Kier molecular flexibility index (Phi) is 3.38. The second-order valence-electron chi connectivity index (χ2n) is 4.31. The molecule has 19 heavy (non-hydrogen) atoms. The Morgan fingerprint density at radius 1 is 1.42 bits per heavy atom. The first-order valence-corrected chi connectivity index (χ1v) is 7.82. The van der Waals surface area contributed by atoms with Crippen LogP contribution in [0.3, 0.4) is 0 Å². The third kappa shape index (κ3) is 2.43. The van der Waals surface area contributed by atoms with Crippen LogP contribution in [0.1, 0.15) is 37.7 Å². The molecule has 0 spiro atoms. The molecule has 2 N–H and O–H groups in total. The van der Waals surface area contributed by atoms with Crippen molar-refractivity contribution in [3.05, 3.63) is 45.0 Å². The number of carbonyl (C=O) groups is 1. The molecule has 6 heteroatoms. The first-order valence-electron chi connectivity index (χ1n) is 5.85. The number of aryl methyl sites for hydroxylation is 1. The van der Waals surface area contributed by atoms with E-state index in [0.717, 1.165) is 22.8 Å². The van der Waals surface area contributed by atoms with Crippen LogP contribution in [0.4, 0.5) is 0 Å². The third-order valence-corrected chi connectivity index (χ3v) is 5.32. The van der Waals surface area contributed by atoms with Crippen molar-refractivity contribution in [1.82, 2.24) is 0 Å². The molecule has 0 aliphatic carbocycles. The molecular formula is C13H12O4S2. The van der Waals surface area contributed by atoms with Gasteiger partial charge in [-0.15, -0.1) is 11.3 Å². The fourth-order valence-electron chi connectivity index (χ4n) is 2.06. The van der Waals surface area contributed by atoms with Crippen molar-refractivity contribution in [2.24, 2.45) is 0 Å². The van der Waals surface area contributed by atoms with Crippen molar-refractivity contribution >= 4 is 29.1 Å². The summed E-state index contributed by atoms with van der Waals surface area (Å²) in [7, 11) is 0. The zero-order valence-corrected chi connectivity index (χ0v) is 11.6. The molecule has 1 atom stereocenters. The van der Waals surface area contributed by atoms with E-state index >= 15 is 0 Å². The van der Waals surface area contributed by atoms with Gasteiger partial charge in [-0.1, -0.05) is 0 Å². The molecule has 1 aliphatic heterocycles. The number of furan rings is 1. The number of thiophene rings is 1. The Morgan fingerprint density at radius 2 is 2.26 bits per heavy atom. The van der Waals surface area contributed by atoms with E-state index < -0.39 is 12.1 Å². The maximum Gasteiger partial charge on any atom is 0.371 e. The lowest BCUT2D eigenvalue weighted by Crippen LogP contribution is -1.96. The molecule has 100 valence electrons. The SMILES string of the molecule is O=C(O)c1ccc(C(O)c2cc3c(s2)CCSC3)o1. The number of hydrogen-bond donors (Lipinski definition) is 2. The number of carboxylic acid groups (broad SMARTS) is 1. The average molecular weight is 296 g/mol. The smallest absolute Gasteiger partial charge is 0.371 e. The van der Waals surface area contributed by atoms with Gasteiger partial charge in [0.05, 0.1) is 0 Å². The van der Waals surface area contributed by atoms with Crippen LogP contribution < -0.4 is 0 Å². The van der Waals surface area contributed by atoms with E-state index in [1.54, 1.807) is 11.3 Å². The van der Waals surface area contributed by atoms with Gasteiger partial charge in [-0.2, -0.15) is 11.8 Å². The van der Waals surface area contributed by atoms with E-state index in [1.807, 2.05) is 17.8 Å². The highest BCUT2D eigenvalue weighted by Crippen LogP contribution is 2.36. The first kappa shape index (κ1) is 12.8. The van der Waals surface area contributed by atoms with Gasteiger partial charge in [-0.05, 0) is 35.9 Å². The Hall–Kier alpha value is -1.24. The molecule has 0 aromatic carbocycles. The highest BCUT2D eigenvalue weighted by atomic mass is 32.2. The molecule has 4 nitrogen and oxygen atoms in total. The number of hydrogen-bond acceptors (Lipinski definition) is 5. The lowest BCUT2D eigenvalue weighted by Gasteiger charge is -2.08. The van der Waals surface area contributed by atoms with Crippen LogP contribution in [0, 0.1) is 0 Å². The lowest BCUT2D eigenvalue weighted by atomic mass is 10.2. The maximum atomic E-state index is 10.8. The van der Waals surface area contributed by atoms with Crippen LogP contribution in [-0.2, 0) is 12.2 Å². The van der Waals surface area contributed by atoms with Gasteiger partial charge >= 0.3 is 5.97 Å². The Labute approximate surface area is 118 Å². The minimum atomic E-state index is -1.12. The Bertz CT molecular complexity index is 590. The summed E-state index contributed by atoms with van der Waals surface area (Å²) in [6.45, 7) is 0. The van der Waals surface area contributed by atoms with Crippen molar-refractivity contribution in [3.63, 3.8) is 0 Å². The van der Waals surface area contributed by atoms with Gasteiger partial charge < -0.3 is 14.6 Å². The molecule has 0 saturated heterocycles. The summed E-state index contributed by atoms with van der Waals surface area (Å²) in [6.07, 6.45) is 0.157. The molecule has 3 heterocycles. The monoisotopic (exact) mass is 296 g/mol. The number of aromatic carboxylic acids is 1. The number of aliphatic hydroxyl groups is 1. The predicted octanol–water partition coefficient (Wildman–Crippen LogP) is 2.91. The molecule has 0 radical (unpaired) electrons. The predicted molar refractivity (Wildman–Crippen MR) is 73.9 cm³/mol. The summed E-state index contributed by atoms with van der Waals surface area (Å²) in [6, 6.07) is 4.88. The van der Waals surface area contributed by atoms with Gasteiger partial charge in [0, 0.05) is 15.5 Å². The van der Waals surface area contributed by atoms with E-state index in [-0.39, 0.29) is 11.5 Å². The van der Waals surface area contributed by atoms with Gasteiger partial charge in [0.25, 0.3) is 0 Å². The van der Waals surface area contributed by atoms with Crippen LogP contribution in [-0.4, -0.2) is 21.9 Å². The van der Waals surface area contributed by atoms with Crippen LogP contribution in [0.5, 0.6) is 0 Å². The summed E-state index contributed by atoms with van der Waals surface area (Å²) in [5, 5.41) is 19.1. The summed E-state index contributed by atoms with van der Waals surface area (Å²) in [4.78, 5) is 12.9. The lowest BCUT2D eigenvalue weighted by molar-refractivity contribution is 0.0655. The molecule has 2 aromatic rings.